The van der Waals surface area contributed by atoms with Crippen LogP contribution in [0.5, 0.6) is 0 Å². The van der Waals surface area contributed by atoms with E-state index in [1.165, 1.54) is 0 Å². The minimum absolute atomic E-state index is 0.114. The molecule has 1 atom stereocenters. The van der Waals surface area contributed by atoms with Crippen LogP contribution in [0.2, 0.25) is 0 Å². The van der Waals surface area contributed by atoms with Gasteiger partial charge in [-0.1, -0.05) is 0 Å². The molecule has 1 heterocycles. The Labute approximate surface area is 98.2 Å². The number of hydrogen-bond donors (Lipinski definition) is 1. The van der Waals surface area contributed by atoms with Crippen molar-refractivity contribution in [1.82, 2.24) is 9.80 Å². The molecule has 1 rings (SSSR count). The van der Waals surface area contributed by atoms with Crippen LogP contribution >= 0.6 is 0 Å². The zero-order valence-electron chi connectivity index (χ0n) is 10.7. The maximum Gasteiger partial charge on any atom is 0.319 e. The van der Waals surface area contributed by atoms with Crippen LogP contribution in [0.15, 0.2) is 0 Å². The molecule has 0 aromatic carbocycles. The molecule has 0 radical (unpaired) electrons. The Balaban J connectivity index is 2.57. The Morgan fingerprint density at radius 3 is 2.50 bits per heavy atom. The lowest BCUT2D eigenvalue weighted by molar-refractivity contribution is 0.0452. The molecular weight excluding hydrogens is 204 g/mol. The second-order valence-corrected chi connectivity index (χ2v) is 4.79. The summed E-state index contributed by atoms with van der Waals surface area (Å²) < 4.78 is 0. The number of amides is 2. The lowest BCUT2D eigenvalue weighted by Crippen LogP contribution is -2.43. The normalized spacial score (nSPS) is 26.4. The third kappa shape index (κ3) is 3.37. The Bertz CT molecular complexity index is 237. The van der Waals surface area contributed by atoms with E-state index in [0.717, 1.165) is 32.5 Å². The zero-order chi connectivity index (χ0) is 12.2. The molecule has 0 aromatic rings. The van der Waals surface area contributed by atoms with Crippen LogP contribution in [0.3, 0.4) is 0 Å². The first-order valence-electron chi connectivity index (χ1n) is 6.26. The minimum Gasteiger partial charge on any atom is -0.390 e. The van der Waals surface area contributed by atoms with Crippen molar-refractivity contribution >= 4 is 6.03 Å². The van der Waals surface area contributed by atoms with Gasteiger partial charge in [0, 0.05) is 26.2 Å². The average molecular weight is 228 g/mol. The maximum atomic E-state index is 12.1. The SMILES string of the molecule is CCN(CC)C(=O)N1CCCC(C)(O)CC1. The lowest BCUT2D eigenvalue weighted by atomic mass is 9.98. The summed E-state index contributed by atoms with van der Waals surface area (Å²) in [6.45, 7) is 8.79. The number of likely N-dealkylation sites (tertiary alicyclic amines) is 1. The van der Waals surface area contributed by atoms with Crippen LogP contribution in [0, 0.1) is 0 Å². The van der Waals surface area contributed by atoms with E-state index in [9.17, 15) is 9.90 Å². The van der Waals surface area contributed by atoms with Crippen molar-refractivity contribution in [3.63, 3.8) is 0 Å². The highest BCUT2D eigenvalue weighted by Gasteiger charge is 2.28. The second kappa shape index (κ2) is 5.53. The van der Waals surface area contributed by atoms with Gasteiger partial charge in [0.2, 0.25) is 0 Å². The average Bonchev–Trinajstić information content (AvgIpc) is 2.41. The van der Waals surface area contributed by atoms with Crippen molar-refractivity contribution in [2.45, 2.75) is 45.6 Å². The summed E-state index contributed by atoms with van der Waals surface area (Å²) in [5.74, 6) is 0. The van der Waals surface area contributed by atoms with Crippen molar-refractivity contribution in [2.75, 3.05) is 26.2 Å². The summed E-state index contributed by atoms with van der Waals surface area (Å²) in [5.41, 5.74) is -0.599. The van der Waals surface area contributed by atoms with E-state index < -0.39 is 5.60 Å². The van der Waals surface area contributed by atoms with E-state index in [-0.39, 0.29) is 6.03 Å². The number of rotatable bonds is 2. The molecule has 4 heteroatoms. The molecule has 16 heavy (non-hydrogen) atoms. The largest absolute Gasteiger partial charge is 0.390 e. The standard InChI is InChI=1S/C12H24N2O2/c1-4-13(5-2)11(15)14-9-6-7-12(3,16)8-10-14/h16H,4-10H2,1-3H3. The van der Waals surface area contributed by atoms with Gasteiger partial charge in [-0.3, -0.25) is 0 Å². The van der Waals surface area contributed by atoms with E-state index >= 15 is 0 Å². The Morgan fingerprint density at radius 2 is 1.94 bits per heavy atom. The fraction of sp³-hybridized carbons (Fsp3) is 0.917. The van der Waals surface area contributed by atoms with Gasteiger partial charge in [0.25, 0.3) is 0 Å². The number of hydrogen-bond acceptors (Lipinski definition) is 2. The molecule has 0 aliphatic carbocycles. The van der Waals surface area contributed by atoms with Gasteiger partial charge in [0.15, 0.2) is 0 Å². The molecule has 1 unspecified atom stereocenters. The Morgan fingerprint density at radius 1 is 1.31 bits per heavy atom. The molecule has 1 N–H and O–H groups in total. The molecule has 1 aliphatic heterocycles. The summed E-state index contributed by atoms with van der Waals surface area (Å²) >= 11 is 0. The van der Waals surface area contributed by atoms with Crippen LogP contribution in [-0.4, -0.2) is 52.7 Å². The smallest absolute Gasteiger partial charge is 0.319 e. The zero-order valence-corrected chi connectivity index (χ0v) is 10.7. The Hall–Kier alpha value is -0.770. The maximum absolute atomic E-state index is 12.1. The molecular formula is C12H24N2O2. The lowest BCUT2D eigenvalue weighted by Gasteiger charge is -2.28. The van der Waals surface area contributed by atoms with Gasteiger partial charge in [-0.15, -0.1) is 0 Å². The molecule has 0 aromatic heterocycles. The van der Waals surface area contributed by atoms with Gasteiger partial charge >= 0.3 is 6.03 Å². The minimum atomic E-state index is -0.599. The fourth-order valence-corrected chi connectivity index (χ4v) is 2.15. The summed E-state index contributed by atoms with van der Waals surface area (Å²) in [7, 11) is 0. The third-order valence-electron chi connectivity index (χ3n) is 3.37. The fourth-order valence-electron chi connectivity index (χ4n) is 2.15. The van der Waals surface area contributed by atoms with Crippen molar-refractivity contribution in [2.24, 2.45) is 0 Å². The van der Waals surface area contributed by atoms with E-state index in [4.69, 9.17) is 0 Å². The van der Waals surface area contributed by atoms with Crippen LogP contribution in [0.1, 0.15) is 40.0 Å². The summed E-state index contributed by atoms with van der Waals surface area (Å²) in [6, 6.07) is 0.114. The molecule has 1 fully saturated rings. The van der Waals surface area contributed by atoms with Gasteiger partial charge in [0.05, 0.1) is 5.60 Å². The number of carbonyl (C=O) groups is 1. The Kier molecular flexibility index (Phi) is 4.59. The van der Waals surface area contributed by atoms with Gasteiger partial charge in [-0.2, -0.15) is 0 Å². The number of nitrogens with zero attached hydrogens (tertiary/aromatic N) is 2. The van der Waals surface area contributed by atoms with E-state index in [0.29, 0.717) is 13.0 Å². The number of aliphatic hydroxyl groups is 1. The summed E-state index contributed by atoms with van der Waals surface area (Å²) in [5, 5.41) is 9.96. The predicted octanol–water partition coefficient (Wildman–Crippen LogP) is 1.69. The molecule has 0 spiro atoms. The molecule has 94 valence electrons. The summed E-state index contributed by atoms with van der Waals surface area (Å²) in [6.07, 6.45) is 2.36. The van der Waals surface area contributed by atoms with Crippen LogP contribution < -0.4 is 0 Å². The molecule has 4 nitrogen and oxygen atoms in total. The van der Waals surface area contributed by atoms with Crippen LogP contribution in [0.4, 0.5) is 4.79 Å². The monoisotopic (exact) mass is 228 g/mol. The third-order valence-corrected chi connectivity index (χ3v) is 3.37. The van der Waals surface area contributed by atoms with Crippen LogP contribution in [0.25, 0.3) is 0 Å². The first-order valence-corrected chi connectivity index (χ1v) is 6.26. The van der Waals surface area contributed by atoms with E-state index in [1.807, 2.05) is 30.6 Å². The highest BCUT2D eigenvalue weighted by molar-refractivity contribution is 5.74. The molecule has 0 bridgehead atoms. The van der Waals surface area contributed by atoms with Gasteiger partial charge < -0.3 is 14.9 Å². The van der Waals surface area contributed by atoms with Gasteiger partial charge in [0.1, 0.15) is 0 Å². The first kappa shape index (κ1) is 13.3. The first-order chi connectivity index (χ1) is 7.50. The number of urea groups is 1. The number of carbonyl (C=O) groups excluding carboxylic acids is 1. The molecule has 1 saturated heterocycles. The van der Waals surface area contributed by atoms with Crippen molar-refractivity contribution in [1.29, 1.82) is 0 Å². The van der Waals surface area contributed by atoms with Gasteiger partial charge in [-0.05, 0) is 40.0 Å². The molecule has 0 saturated carbocycles. The van der Waals surface area contributed by atoms with Gasteiger partial charge in [-0.25, -0.2) is 4.79 Å². The predicted molar refractivity (Wildman–Crippen MR) is 64.4 cm³/mol. The molecule has 2 amide bonds. The van der Waals surface area contributed by atoms with Crippen molar-refractivity contribution < 1.29 is 9.90 Å². The quantitative estimate of drug-likeness (QED) is 0.781. The highest BCUT2D eigenvalue weighted by atomic mass is 16.3. The topological polar surface area (TPSA) is 43.8 Å². The molecule has 1 aliphatic rings. The summed E-state index contributed by atoms with van der Waals surface area (Å²) in [4.78, 5) is 15.8. The van der Waals surface area contributed by atoms with E-state index in [2.05, 4.69) is 0 Å². The van der Waals surface area contributed by atoms with E-state index in [1.54, 1.807) is 0 Å². The van der Waals surface area contributed by atoms with Crippen LogP contribution in [-0.2, 0) is 0 Å². The highest BCUT2D eigenvalue weighted by Crippen LogP contribution is 2.21. The second-order valence-electron chi connectivity index (χ2n) is 4.79. The van der Waals surface area contributed by atoms with Crippen molar-refractivity contribution in [3.8, 4) is 0 Å². The van der Waals surface area contributed by atoms with Crippen molar-refractivity contribution in [3.05, 3.63) is 0 Å².